The molecule has 37 heavy (non-hydrogen) atoms. The smallest absolute Gasteiger partial charge is 0.407 e. The molecule has 11 heteroatoms. The molecule has 3 heterocycles. The van der Waals surface area contributed by atoms with Crippen LogP contribution in [0.15, 0.2) is 59.6 Å². The summed E-state index contributed by atoms with van der Waals surface area (Å²) in [5.74, 6) is -1.83. The Morgan fingerprint density at radius 1 is 1.14 bits per heavy atom. The molecule has 0 bridgehead atoms. The van der Waals surface area contributed by atoms with Crippen LogP contribution in [0.1, 0.15) is 11.3 Å². The van der Waals surface area contributed by atoms with Gasteiger partial charge in [0, 0.05) is 35.9 Å². The summed E-state index contributed by atoms with van der Waals surface area (Å²) in [6, 6.07) is 13.3. The van der Waals surface area contributed by atoms with E-state index in [1.807, 2.05) is 30.3 Å². The predicted octanol–water partition coefficient (Wildman–Crippen LogP) is 6.29. The number of thioether (sulfide) groups is 1. The third-order valence-corrected chi connectivity index (χ3v) is 7.43. The maximum Gasteiger partial charge on any atom is 0.407 e. The average molecular weight is 548 g/mol. The molecule has 0 radical (unpaired) electrons. The van der Waals surface area contributed by atoms with Crippen molar-refractivity contribution >= 4 is 35.1 Å². The number of carboxylic acid groups (broad SMARTS) is 1. The molecule has 1 N–H and O–H groups in total. The van der Waals surface area contributed by atoms with Crippen molar-refractivity contribution in [2.45, 2.75) is 23.2 Å². The minimum atomic E-state index is -1.09. The van der Waals surface area contributed by atoms with Gasteiger partial charge in [0.25, 0.3) is 0 Å². The summed E-state index contributed by atoms with van der Waals surface area (Å²) in [5.41, 5.74) is 1.12. The number of imidazole rings is 1. The quantitative estimate of drug-likeness (QED) is 0.288. The van der Waals surface area contributed by atoms with Crippen LogP contribution in [-0.2, 0) is 16.9 Å². The standard InChI is InChI=1S/C26H21ClF3N3O3S/c27-18-11-23-31-25(22(33(23)13-21(18)30)8-16-12-32(26(34)35)6-7-36-16)24-19(28)9-17(10-20(24)29)37-14-15-4-2-1-3-5-15/h1-5,9-11,13,16H,6-8,12,14H2,(H,34,35)/t16-/m0/s1. The minimum Gasteiger partial charge on any atom is -0.465 e. The van der Waals surface area contributed by atoms with Crippen LogP contribution < -0.4 is 0 Å². The van der Waals surface area contributed by atoms with E-state index in [1.165, 1.54) is 39.3 Å². The summed E-state index contributed by atoms with van der Waals surface area (Å²) in [6.07, 6.45) is -0.564. The summed E-state index contributed by atoms with van der Waals surface area (Å²) in [6.45, 7) is 0.429. The van der Waals surface area contributed by atoms with E-state index in [2.05, 4.69) is 4.98 Å². The molecule has 5 rings (SSSR count). The third-order valence-electron chi connectivity index (χ3n) is 6.09. The second-order valence-electron chi connectivity index (χ2n) is 8.57. The van der Waals surface area contributed by atoms with Crippen molar-refractivity contribution < 1.29 is 27.8 Å². The number of hydrogen-bond donors (Lipinski definition) is 1. The third kappa shape index (κ3) is 5.41. The molecule has 1 saturated heterocycles. The van der Waals surface area contributed by atoms with Crippen LogP contribution in [0.3, 0.4) is 0 Å². The molecule has 0 spiro atoms. The summed E-state index contributed by atoms with van der Waals surface area (Å²) in [4.78, 5) is 17.4. The SMILES string of the molecule is O=C(O)N1CCO[C@@H](Cc2c(-c3c(F)cc(SCc4ccccc4)cc3F)nc3cc(Cl)c(F)cn23)C1. The maximum atomic E-state index is 15.4. The lowest BCUT2D eigenvalue weighted by atomic mass is 10.0. The molecule has 0 saturated carbocycles. The fourth-order valence-corrected chi connectivity index (χ4v) is 5.36. The molecular formula is C26H21ClF3N3O3S. The predicted molar refractivity (Wildman–Crippen MR) is 135 cm³/mol. The first-order chi connectivity index (χ1) is 17.8. The Hall–Kier alpha value is -3.21. The van der Waals surface area contributed by atoms with Gasteiger partial charge >= 0.3 is 6.09 Å². The number of amides is 1. The molecule has 2 aromatic carbocycles. The molecule has 1 atom stereocenters. The van der Waals surface area contributed by atoms with Crippen molar-refractivity contribution in [3.63, 3.8) is 0 Å². The summed E-state index contributed by atoms with van der Waals surface area (Å²) in [7, 11) is 0. The number of nitrogens with zero attached hydrogens (tertiary/aromatic N) is 3. The van der Waals surface area contributed by atoms with Crippen LogP contribution in [0, 0.1) is 17.5 Å². The molecule has 1 aliphatic rings. The second-order valence-corrected chi connectivity index (χ2v) is 10.0. The van der Waals surface area contributed by atoms with E-state index in [9.17, 15) is 14.3 Å². The number of benzene rings is 2. The number of pyridine rings is 1. The van der Waals surface area contributed by atoms with E-state index in [0.717, 1.165) is 11.8 Å². The van der Waals surface area contributed by atoms with Gasteiger partial charge in [-0.1, -0.05) is 41.9 Å². The van der Waals surface area contributed by atoms with E-state index in [-0.39, 0.29) is 53.7 Å². The molecule has 0 unspecified atom stereocenters. The van der Waals surface area contributed by atoms with Crippen molar-refractivity contribution in [2.24, 2.45) is 0 Å². The van der Waals surface area contributed by atoms with Crippen LogP contribution >= 0.6 is 23.4 Å². The molecule has 1 fully saturated rings. The molecule has 1 aliphatic heterocycles. The highest BCUT2D eigenvalue weighted by molar-refractivity contribution is 7.98. The molecule has 0 aliphatic carbocycles. The van der Waals surface area contributed by atoms with Crippen LogP contribution in [0.25, 0.3) is 16.9 Å². The Balaban J connectivity index is 1.52. The number of morpholine rings is 1. The first-order valence-corrected chi connectivity index (χ1v) is 12.8. The van der Waals surface area contributed by atoms with Gasteiger partial charge in [0.05, 0.1) is 41.2 Å². The minimum absolute atomic E-state index is 0.0210. The van der Waals surface area contributed by atoms with E-state index in [1.54, 1.807) is 0 Å². The van der Waals surface area contributed by atoms with Crippen LogP contribution in [0.4, 0.5) is 18.0 Å². The van der Waals surface area contributed by atoms with Crippen molar-refractivity contribution in [3.05, 3.63) is 88.5 Å². The van der Waals surface area contributed by atoms with Gasteiger partial charge in [-0.05, 0) is 17.7 Å². The first-order valence-electron chi connectivity index (χ1n) is 11.4. The van der Waals surface area contributed by atoms with Crippen molar-refractivity contribution in [3.8, 4) is 11.3 Å². The van der Waals surface area contributed by atoms with Crippen LogP contribution in [0.2, 0.25) is 5.02 Å². The average Bonchev–Trinajstić information content (AvgIpc) is 3.19. The second kappa shape index (κ2) is 10.6. The topological polar surface area (TPSA) is 67.1 Å². The van der Waals surface area contributed by atoms with Gasteiger partial charge in [-0.2, -0.15) is 0 Å². The van der Waals surface area contributed by atoms with Gasteiger partial charge in [-0.25, -0.2) is 22.9 Å². The summed E-state index contributed by atoms with van der Waals surface area (Å²) in [5, 5.41) is 9.17. The zero-order chi connectivity index (χ0) is 26.1. The highest BCUT2D eigenvalue weighted by atomic mass is 35.5. The van der Waals surface area contributed by atoms with Crippen LogP contribution in [0.5, 0.6) is 0 Å². The van der Waals surface area contributed by atoms with E-state index < -0.39 is 29.6 Å². The van der Waals surface area contributed by atoms with Crippen molar-refractivity contribution in [2.75, 3.05) is 19.7 Å². The Morgan fingerprint density at radius 3 is 2.57 bits per heavy atom. The van der Waals surface area contributed by atoms with Gasteiger partial charge in [-0.3, -0.25) is 0 Å². The largest absolute Gasteiger partial charge is 0.465 e. The number of aromatic nitrogens is 2. The van der Waals surface area contributed by atoms with Crippen molar-refractivity contribution in [1.29, 1.82) is 0 Å². The monoisotopic (exact) mass is 547 g/mol. The first kappa shape index (κ1) is 25.4. The van der Waals surface area contributed by atoms with Gasteiger partial charge in [0.1, 0.15) is 17.3 Å². The van der Waals surface area contributed by atoms with Gasteiger partial charge < -0.3 is 19.1 Å². The normalized spacial score (nSPS) is 15.9. The summed E-state index contributed by atoms with van der Waals surface area (Å²) >= 11 is 7.23. The van der Waals surface area contributed by atoms with E-state index in [0.29, 0.717) is 10.6 Å². The molecular weight excluding hydrogens is 527 g/mol. The van der Waals surface area contributed by atoms with Crippen LogP contribution in [-0.4, -0.2) is 51.3 Å². The number of rotatable bonds is 6. The highest BCUT2D eigenvalue weighted by Crippen LogP contribution is 2.35. The Morgan fingerprint density at radius 2 is 1.86 bits per heavy atom. The van der Waals surface area contributed by atoms with Crippen molar-refractivity contribution in [1.82, 2.24) is 14.3 Å². The molecule has 6 nitrogen and oxygen atoms in total. The van der Waals surface area contributed by atoms with Gasteiger partial charge in [-0.15, -0.1) is 11.8 Å². The Labute approximate surface area is 219 Å². The number of carbonyl (C=O) groups is 1. The zero-order valence-electron chi connectivity index (χ0n) is 19.3. The molecule has 4 aromatic rings. The molecule has 1 amide bonds. The Kier molecular flexibility index (Phi) is 7.32. The van der Waals surface area contributed by atoms with E-state index in [4.69, 9.17) is 16.3 Å². The molecule has 2 aromatic heterocycles. The molecule has 192 valence electrons. The Bertz CT molecular complexity index is 1440. The number of hydrogen-bond acceptors (Lipinski definition) is 4. The fourth-order valence-electron chi connectivity index (χ4n) is 4.32. The maximum absolute atomic E-state index is 15.4. The number of ether oxygens (including phenoxy) is 1. The number of fused-ring (bicyclic) bond motifs is 1. The van der Waals surface area contributed by atoms with Gasteiger partial charge in [0.15, 0.2) is 5.82 Å². The number of halogens is 4. The van der Waals surface area contributed by atoms with Gasteiger partial charge in [0.2, 0.25) is 0 Å². The lowest BCUT2D eigenvalue weighted by molar-refractivity contribution is -0.0214. The highest BCUT2D eigenvalue weighted by Gasteiger charge is 2.29. The summed E-state index contributed by atoms with van der Waals surface area (Å²) < 4.78 is 52.3. The lowest BCUT2D eigenvalue weighted by Crippen LogP contribution is -2.45. The zero-order valence-corrected chi connectivity index (χ0v) is 20.9. The van der Waals surface area contributed by atoms with E-state index >= 15 is 8.78 Å². The fraction of sp³-hybridized carbons (Fsp3) is 0.231. The lowest BCUT2D eigenvalue weighted by Gasteiger charge is -2.31.